The largest absolute Gasteiger partial charge is 0.336 e. The lowest BCUT2D eigenvalue weighted by molar-refractivity contribution is 0.0742. The number of rotatable bonds is 5. The van der Waals surface area contributed by atoms with Gasteiger partial charge in [0.1, 0.15) is 0 Å². The molecule has 0 aliphatic heterocycles. The predicted molar refractivity (Wildman–Crippen MR) is 79.5 cm³/mol. The second-order valence-electron chi connectivity index (χ2n) is 5.28. The van der Waals surface area contributed by atoms with Crippen LogP contribution in [-0.2, 0) is 0 Å². The summed E-state index contributed by atoms with van der Waals surface area (Å²) >= 11 is 0. The van der Waals surface area contributed by atoms with Crippen LogP contribution in [0.4, 0.5) is 0 Å². The fourth-order valence-electron chi connectivity index (χ4n) is 2.47. The molecular weight excluding hydrogens is 250 g/mol. The average Bonchev–Trinajstić information content (AvgIpc) is 3.32. The van der Waals surface area contributed by atoms with E-state index in [0.717, 1.165) is 42.3 Å². The molecule has 0 bridgehead atoms. The molecule has 1 aromatic heterocycles. The van der Waals surface area contributed by atoms with Crippen molar-refractivity contribution in [2.45, 2.75) is 25.3 Å². The average molecular weight is 269 g/mol. The van der Waals surface area contributed by atoms with Crippen LogP contribution < -0.4 is 5.73 Å². The van der Waals surface area contributed by atoms with E-state index in [0.29, 0.717) is 12.6 Å². The minimum Gasteiger partial charge on any atom is -0.336 e. The van der Waals surface area contributed by atoms with Crippen LogP contribution >= 0.6 is 0 Å². The zero-order valence-electron chi connectivity index (χ0n) is 11.5. The second-order valence-corrected chi connectivity index (χ2v) is 5.28. The Labute approximate surface area is 118 Å². The third kappa shape index (κ3) is 2.65. The molecule has 1 fully saturated rings. The zero-order valence-corrected chi connectivity index (χ0v) is 11.5. The number of carbonyl (C=O) groups excluding carboxylic acids is 1. The Morgan fingerprint density at radius 2 is 2.20 bits per heavy atom. The molecule has 0 radical (unpaired) electrons. The fourth-order valence-corrected chi connectivity index (χ4v) is 2.47. The molecule has 0 saturated heterocycles. The topological polar surface area (TPSA) is 59.2 Å². The molecule has 104 valence electrons. The number of fused-ring (bicyclic) bond motifs is 1. The van der Waals surface area contributed by atoms with Gasteiger partial charge in [0.15, 0.2) is 0 Å². The summed E-state index contributed by atoms with van der Waals surface area (Å²) in [7, 11) is 0. The van der Waals surface area contributed by atoms with Gasteiger partial charge in [-0.05, 0) is 50.1 Å². The van der Waals surface area contributed by atoms with Gasteiger partial charge in [-0.2, -0.15) is 0 Å². The van der Waals surface area contributed by atoms with Crippen LogP contribution in [0, 0.1) is 0 Å². The molecule has 1 aliphatic carbocycles. The van der Waals surface area contributed by atoms with E-state index in [9.17, 15) is 4.79 Å². The molecule has 4 nitrogen and oxygen atoms in total. The highest BCUT2D eigenvalue weighted by Gasteiger charge is 2.32. The van der Waals surface area contributed by atoms with Crippen LogP contribution in [-0.4, -0.2) is 34.9 Å². The SMILES string of the molecule is NCCCN(C(=O)c1ccc2ncccc2c1)C1CC1. The van der Waals surface area contributed by atoms with Crippen LogP contribution in [0.3, 0.4) is 0 Å². The highest BCUT2D eigenvalue weighted by atomic mass is 16.2. The van der Waals surface area contributed by atoms with Crippen LogP contribution in [0.25, 0.3) is 10.9 Å². The molecule has 1 amide bonds. The third-order valence-corrected chi connectivity index (χ3v) is 3.70. The van der Waals surface area contributed by atoms with Crippen LogP contribution in [0.1, 0.15) is 29.6 Å². The highest BCUT2D eigenvalue weighted by molar-refractivity contribution is 5.98. The van der Waals surface area contributed by atoms with Crippen molar-refractivity contribution in [3.63, 3.8) is 0 Å². The van der Waals surface area contributed by atoms with E-state index >= 15 is 0 Å². The maximum absolute atomic E-state index is 12.6. The fraction of sp³-hybridized carbons (Fsp3) is 0.375. The Morgan fingerprint density at radius 3 is 2.95 bits per heavy atom. The maximum atomic E-state index is 12.6. The van der Waals surface area contributed by atoms with Gasteiger partial charge >= 0.3 is 0 Å². The second kappa shape index (κ2) is 5.59. The molecular formula is C16H19N3O. The summed E-state index contributed by atoms with van der Waals surface area (Å²) in [5, 5.41) is 1.01. The van der Waals surface area contributed by atoms with Gasteiger partial charge in [-0.3, -0.25) is 9.78 Å². The van der Waals surface area contributed by atoms with Crippen molar-refractivity contribution in [1.29, 1.82) is 0 Å². The first-order valence-electron chi connectivity index (χ1n) is 7.15. The molecule has 4 heteroatoms. The van der Waals surface area contributed by atoms with Gasteiger partial charge in [0, 0.05) is 29.7 Å². The Balaban J connectivity index is 1.86. The minimum atomic E-state index is 0.117. The number of benzene rings is 1. The van der Waals surface area contributed by atoms with E-state index in [1.807, 2.05) is 35.2 Å². The third-order valence-electron chi connectivity index (χ3n) is 3.70. The van der Waals surface area contributed by atoms with Gasteiger partial charge in [0.05, 0.1) is 5.52 Å². The molecule has 2 aromatic rings. The molecule has 2 N–H and O–H groups in total. The molecule has 3 rings (SSSR count). The summed E-state index contributed by atoms with van der Waals surface area (Å²) in [6.45, 7) is 1.38. The molecule has 0 spiro atoms. The summed E-state index contributed by atoms with van der Waals surface area (Å²) in [4.78, 5) is 18.9. The molecule has 0 atom stereocenters. The number of pyridine rings is 1. The van der Waals surface area contributed by atoms with E-state index in [1.165, 1.54) is 0 Å². The van der Waals surface area contributed by atoms with Gasteiger partial charge in [-0.1, -0.05) is 6.07 Å². The van der Waals surface area contributed by atoms with E-state index in [4.69, 9.17) is 5.73 Å². The zero-order chi connectivity index (χ0) is 13.9. The summed E-state index contributed by atoms with van der Waals surface area (Å²) in [6.07, 6.45) is 4.86. The number of nitrogens with two attached hydrogens (primary N) is 1. The first-order valence-corrected chi connectivity index (χ1v) is 7.15. The van der Waals surface area contributed by atoms with Crippen LogP contribution in [0.2, 0.25) is 0 Å². The van der Waals surface area contributed by atoms with Crippen molar-refractivity contribution in [1.82, 2.24) is 9.88 Å². The van der Waals surface area contributed by atoms with E-state index in [-0.39, 0.29) is 5.91 Å². The lowest BCUT2D eigenvalue weighted by Gasteiger charge is -2.22. The summed E-state index contributed by atoms with van der Waals surface area (Å²) in [5.41, 5.74) is 7.23. The van der Waals surface area contributed by atoms with Crippen molar-refractivity contribution in [2.24, 2.45) is 5.73 Å². The smallest absolute Gasteiger partial charge is 0.254 e. The van der Waals surface area contributed by atoms with Crippen LogP contribution in [0.15, 0.2) is 36.5 Å². The van der Waals surface area contributed by atoms with Gasteiger partial charge in [0.25, 0.3) is 5.91 Å². The Morgan fingerprint density at radius 1 is 1.35 bits per heavy atom. The van der Waals surface area contributed by atoms with E-state index in [2.05, 4.69) is 4.98 Å². The van der Waals surface area contributed by atoms with Crippen LogP contribution in [0.5, 0.6) is 0 Å². The van der Waals surface area contributed by atoms with E-state index in [1.54, 1.807) is 6.20 Å². The Bertz CT molecular complexity index is 622. The molecule has 0 unspecified atom stereocenters. The Hall–Kier alpha value is -1.94. The maximum Gasteiger partial charge on any atom is 0.254 e. The number of nitrogens with zero attached hydrogens (tertiary/aromatic N) is 2. The molecule has 1 heterocycles. The molecule has 1 aromatic carbocycles. The molecule has 1 aliphatic rings. The number of hydrogen-bond donors (Lipinski definition) is 1. The Kier molecular flexibility index (Phi) is 3.65. The van der Waals surface area contributed by atoms with E-state index < -0.39 is 0 Å². The van der Waals surface area contributed by atoms with Gasteiger partial charge < -0.3 is 10.6 Å². The number of aromatic nitrogens is 1. The quantitative estimate of drug-likeness (QED) is 0.905. The summed E-state index contributed by atoms with van der Waals surface area (Å²) in [5.74, 6) is 0.117. The van der Waals surface area contributed by atoms with Gasteiger partial charge in [-0.25, -0.2) is 0 Å². The first kappa shape index (κ1) is 13.1. The first-order chi connectivity index (χ1) is 9.79. The highest BCUT2D eigenvalue weighted by Crippen LogP contribution is 2.28. The van der Waals surface area contributed by atoms with Gasteiger partial charge in [0.2, 0.25) is 0 Å². The summed E-state index contributed by atoms with van der Waals surface area (Å²) in [6, 6.07) is 10.0. The van der Waals surface area contributed by atoms with Crippen molar-refractivity contribution >= 4 is 16.8 Å². The van der Waals surface area contributed by atoms with Gasteiger partial charge in [-0.15, -0.1) is 0 Å². The number of amides is 1. The summed E-state index contributed by atoms with van der Waals surface area (Å²) < 4.78 is 0. The van der Waals surface area contributed by atoms with Crippen molar-refractivity contribution in [2.75, 3.05) is 13.1 Å². The molecule has 1 saturated carbocycles. The molecule has 20 heavy (non-hydrogen) atoms. The van der Waals surface area contributed by atoms with Crippen molar-refractivity contribution in [3.05, 3.63) is 42.1 Å². The minimum absolute atomic E-state index is 0.117. The monoisotopic (exact) mass is 269 g/mol. The lowest BCUT2D eigenvalue weighted by atomic mass is 10.1. The normalized spacial score (nSPS) is 14.4. The number of hydrogen-bond acceptors (Lipinski definition) is 3. The lowest BCUT2D eigenvalue weighted by Crippen LogP contribution is -2.34. The van der Waals surface area contributed by atoms with Crippen molar-refractivity contribution < 1.29 is 4.79 Å². The number of carbonyl (C=O) groups is 1. The predicted octanol–water partition coefficient (Wildman–Crippen LogP) is 2.19. The van der Waals surface area contributed by atoms with Crippen molar-refractivity contribution in [3.8, 4) is 0 Å². The standard InChI is InChI=1S/C16H19N3O/c17-8-2-10-19(14-5-6-14)16(20)13-4-7-15-12(11-13)3-1-9-18-15/h1,3-4,7,9,11,14H,2,5-6,8,10,17H2.